The van der Waals surface area contributed by atoms with E-state index in [-0.39, 0.29) is 22.5 Å². The zero-order valence-electron chi connectivity index (χ0n) is 19.1. The molecular formula is C26H26BrN7. The molecule has 2 N–H and O–H groups in total. The molecule has 2 aromatic carbocycles. The van der Waals surface area contributed by atoms with Crippen LogP contribution in [-0.4, -0.2) is 33.6 Å². The first-order chi connectivity index (χ1) is 16.1. The van der Waals surface area contributed by atoms with E-state index in [4.69, 9.17) is 5.41 Å². The number of aromatic nitrogens is 5. The first kappa shape index (κ1) is 23.4. The molecule has 0 atom stereocenters. The minimum atomic E-state index is 0. The van der Waals surface area contributed by atoms with E-state index in [2.05, 4.69) is 112 Å². The molecule has 0 saturated heterocycles. The van der Waals surface area contributed by atoms with Crippen LogP contribution in [0.5, 0.6) is 0 Å². The van der Waals surface area contributed by atoms with Crippen LogP contribution in [0.1, 0.15) is 11.1 Å². The van der Waals surface area contributed by atoms with Crippen LogP contribution in [0.15, 0.2) is 85.7 Å². The Kier molecular flexibility index (Phi) is 6.88. The summed E-state index contributed by atoms with van der Waals surface area (Å²) in [5.74, 6) is 0. The molecule has 3 heterocycles. The fraction of sp³-hybridized carbons (Fsp3) is 0.154. The summed E-state index contributed by atoms with van der Waals surface area (Å²) in [7, 11) is 4.10. The minimum Gasteiger partial charge on any atom is -1.00 e. The lowest BCUT2D eigenvalue weighted by Crippen LogP contribution is -3.00. The van der Waals surface area contributed by atoms with E-state index in [9.17, 15) is 0 Å². The average Bonchev–Trinajstić information content (AvgIpc) is 3.34. The third kappa shape index (κ3) is 4.92. The molecule has 0 aliphatic heterocycles. The third-order valence-electron chi connectivity index (χ3n) is 5.80. The maximum absolute atomic E-state index is 7.88. The molecule has 3 aromatic heterocycles. The van der Waals surface area contributed by atoms with Gasteiger partial charge in [-0.05, 0) is 16.7 Å². The lowest BCUT2D eigenvalue weighted by molar-refractivity contribution is -0.688. The topological polar surface area (TPSA) is 77.5 Å². The van der Waals surface area contributed by atoms with Crippen molar-refractivity contribution in [2.45, 2.75) is 13.1 Å². The van der Waals surface area contributed by atoms with Gasteiger partial charge in [-0.3, -0.25) is 5.41 Å². The maximum Gasteiger partial charge on any atom is 0.173 e. The summed E-state index contributed by atoms with van der Waals surface area (Å²) < 4.78 is 4.14. The lowest BCUT2D eigenvalue weighted by atomic mass is 10.0. The van der Waals surface area contributed by atoms with Crippen molar-refractivity contribution in [1.82, 2.24) is 19.5 Å². The molecule has 0 bridgehead atoms. The summed E-state index contributed by atoms with van der Waals surface area (Å²) in [6.07, 6.45) is 7.50. The van der Waals surface area contributed by atoms with Crippen LogP contribution in [0.25, 0.3) is 22.3 Å². The smallest absolute Gasteiger partial charge is 0.173 e. The fourth-order valence-corrected chi connectivity index (χ4v) is 3.91. The van der Waals surface area contributed by atoms with Crippen LogP contribution in [-0.2, 0) is 13.1 Å². The second-order valence-electron chi connectivity index (χ2n) is 8.34. The molecule has 172 valence electrons. The van der Waals surface area contributed by atoms with E-state index in [1.54, 1.807) is 12.7 Å². The van der Waals surface area contributed by atoms with Gasteiger partial charge in [0.15, 0.2) is 30.1 Å². The van der Waals surface area contributed by atoms with Crippen LogP contribution < -0.4 is 31.9 Å². The average molecular weight is 516 g/mol. The highest BCUT2D eigenvalue weighted by Gasteiger charge is 2.07. The van der Waals surface area contributed by atoms with E-state index in [0.29, 0.717) is 12.1 Å². The van der Waals surface area contributed by atoms with Gasteiger partial charge in [0.05, 0.1) is 19.2 Å². The normalized spacial score (nSPS) is 10.8. The molecule has 0 fully saturated rings. The van der Waals surface area contributed by atoms with Crippen LogP contribution in [0, 0.1) is 5.41 Å². The summed E-state index contributed by atoms with van der Waals surface area (Å²) in [6, 6.07) is 21.5. The van der Waals surface area contributed by atoms with Crippen molar-refractivity contribution in [3.63, 3.8) is 0 Å². The van der Waals surface area contributed by atoms with Crippen molar-refractivity contribution in [3.05, 3.63) is 102 Å². The van der Waals surface area contributed by atoms with Crippen molar-refractivity contribution in [2.75, 3.05) is 19.0 Å². The Hall–Kier alpha value is -3.78. The van der Waals surface area contributed by atoms with E-state index in [0.717, 1.165) is 17.8 Å². The van der Waals surface area contributed by atoms with E-state index >= 15 is 0 Å². The number of fused-ring (bicyclic) bond motifs is 1. The zero-order chi connectivity index (χ0) is 22.8. The highest BCUT2D eigenvalue weighted by Crippen LogP contribution is 2.21. The number of nitrogens with one attached hydrogen (secondary N) is 2. The second kappa shape index (κ2) is 10.0. The van der Waals surface area contributed by atoms with Crippen molar-refractivity contribution in [2.24, 2.45) is 0 Å². The number of imidazole rings is 1. The second-order valence-corrected chi connectivity index (χ2v) is 8.34. The molecular weight excluding hydrogens is 490 g/mol. The third-order valence-corrected chi connectivity index (χ3v) is 5.80. The SMILES string of the molecule is CN(C)c1cc[n+](Cc2ccc(-c3ccc(Cn4cnc(=N)c5[nH]cnc54)cc3)cc2)cc1.[Br-]. The summed E-state index contributed by atoms with van der Waals surface area (Å²) in [5, 5.41) is 7.88. The molecule has 5 aromatic rings. The number of anilines is 1. The lowest BCUT2D eigenvalue weighted by Gasteiger charge is -2.10. The quantitative estimate of drug-likeness (QED) is 0.320. The highest BCUT2D eigenvalue weighted by atomic mass is 79.9. The standard InChI is InChI=1S/C26H26N7.BrH/c1-31(2)23-11-13-32(14-12-23)15-19-3-7-21(8-4-19)22-9-5-20(6-10-22)16-33-18-30-25(27)24-26(33)29-17-28-24;/h3-14,17-18,27H,15-16H2,1-2H3,(H,28,29);1H/q+1;/p-1. The van der Waals surface area contributed by atoms with Gasteiger partial charge in [-0.1, -0.05) is 48.5 Å². The summed E-state index contributed by atoms with van der Waals surface area (Å²) in [4.78, 5) is 13.6. The monoisotopic (exact) mass is 515 g/mol. The van der Waals surface area contributed by atoms with Crippen molar-refractivity contribution in [1.29, 1.82) is 5.41 Å². The Bertz CT molecular complexity index is 1430. The van der Waals surface area contributed by atoms with Gasteiger partial charge in [-0.25, -0.2) is 14.5 Å². The molecule has 5 rings (SSSR count). The molecule has 0 amide bonds. The van der Waals surface area contributed by atoms with Gasteiger partial charge in [0.25, 0.3) is 0 Å². The number of halogens is 1. The van der Waals surface area contributed by atoms with Gasteiger partial charge in [0, 0.05) is 37.5 Å². The number of pyridine rings is 1. The fourth-order valence-electron chi connectivity index (χ4n) is 3.91. The van der Waals surface area contributed by atoms with Crippen molar-refractivity contribution >= 4 is 16.9 Å². The van der Waals surface area contributed by atoms with Crippen LogP contribution in [0.3, 0.4) is 0 Å². The Morgan fingerprint density at radius 1 is 0.882 bits per heavy atom. The molecule has 0 saturated carbocycles. The van der Waals surface area contributed by atoms with E-state index < -0.39 is 0 Å². The molecule has 34 heavy (non-hydrogen) atoms. The van der Waals surface area contributed by atoms with Gasteiger partial charge in [0.2, 0.25) is 0 Å². The van der Waals surface area contributed by atoms with Gasteiger partial charge < -0.3 is 31.4 Å². The van der Waals surface area contributed by atoms with Gasteiger partial charge in [-0.2, -0.15) is 0 Å². The number of nitrogens with zero attached hydrogens (tertiary/aromatic N) is 5. The van der Waals surface area contributed by atoms with Crippen LogP contribution in [0.2, 0.25) is 0 Å². The Morgan fingerprint density at radius 3 is 2.12 bits per heavy atom. The number of hydrogen-bond donors (Lipinski definition) is 2. The van der Waals surface area contributed by atoms with Crippen molar-refractivity contribution in [3.8, 4) is 11.1 Å². The highest BCUT2D eigenvalue weighted by molar-refractivity contribution is 5.68. The number of aromatic amines is 1. The molecule has 0 unspecified atom stereocenters. The Labute approximate surface area is 208 Å². The number of benzene rings is 2. The Morgan fingerprint density at radius 2 is 1.50 bits per heavy atom. The largest absolute Gasteiger partial charge is 1.00 e. The number of rotatable bonds is 6. The first-order valence-corrected chi connectivity index (χ1v) is 10.8. The van der Waals surface area contributed by atoms with Crippen LogP contribution >= 0.6 is 0 Å². The number of hydrogen-bond acceptors (Lipinski definition) is 4. The van der Waals surface area contributed by atoms with Crippen LogP contribution in [0.4, 0.5) is 5.69 Å². The molecule has 0 radical (unpaired) electrons. The summed E-state index contributed by atoms with van der Waals surface area (Å²) in [5.41, 5.74) is 7.60. The predicted molar refractivity (Wildman–Crippen MR) is 129 cm³/mol. The molecule has 7 nitrogen and oxygen atoms in total. The van der Waals surface area contributed by atoms with E-state index in [1.165, 1.54) is 22.4 Å². The van der Waals surface area contributed by atoms with Gasteiger partial charge in [0.1, 0.15) is 5.52 Å². The number of H-pyrrole nitrogens is 1. The maximum atomic E-state index is 7.88. The van der Waals surface area contributed by atoms with Crippen molar-refractivity contribution < 1.29 is 21.5 Å². The zero-order valence-corrected chi connectivity index (χ0v) is 20.7. The Balaban J connectivity index is 0.00000274. The summed E-state index contributed by atoms with van der Waals surface area (Å²) in [6.45, 7) is 1.49. The first-order valence-electron chi connectivity index (χ1n) is 10.8. The minimum absolute atomic E-state index is 0. The summed E-state index contributed by atoms with van der Waals surface area (Å²) >= 11 is 0. The van der Waals surface area contributed by atoms with E-state index in [1.807, 2.05) is 4.57 Å². The molecule has 0 spiro atoms. The molecule has 8 heteroatoms. The molecule has 0 aliphatic rings. The van der Waals surface area contributed by atoms with Gasteiger partial charge >= 0.3 is 0 Å². The molecule has 0 aliphatic carbocycles. The van der Waals surface area contributed by atoms with Gasteiger partial charge in [-0.15, -0.1) is 0 Å². The predicted octanol–water partition coefficient (Wildman–Crippen LogP) is 0.360.